The molecule has 1 aliphatic heterocycles. The fraction of sp³-hybridized carbons (Fsp3) is 0.700. The highest BCUT2D eigenvalue weighted by Gasteiger charge is 2.25. The zero-order chi connectivity index (χ0) is 12.1. The Morgan fingerprint density at radius 3 is 2.44 bits per heavy atom. The average Bonchev–Trinajstić information content (AvgIpc) is 2.15. The van der Waals surface area contributed by atoms with Crippen molar-refractivity contribution in [2.24, 2.45) is 5.73 Å². The topological polar surface area (TPSA) is 101 Å². The van der Waals surface area contributed by atoms with Crippen LogP contribution in [0.25, 0.3) is 0 Å². The maximum atomic E-state index is 11.4. The van der Waals surface area contributed by atoms with Crippen LogP contribution >= 0.6 is 0 Å². The third kappa shape index (κ3) is 3.62. The van der Waals surface area contributed by atoms with Crippen LogP contribution in [0.3, 0.4) is 0 Å². The van der Waals surface area contributed by atoms with Gasteiger partial charge in [0.05, 0.1) is 6.42 Å². The molecule has 6 heteroatoms. The summed E-state index contributed by atoms with van der Waals surface area (Å²) in [6.45, 7) is 0.228. The first-order valence-corrected chi connectivity index (χ1v) is 5.31. The second-order valence-electron chi connectivity index (χ2n) is 3.94. The summed E-state index contributed by atoms with van der Waals surface area (Å²) < 4.78 is 0. The molecule has 3 N–H and O–H groups in total. The molecule has 1 aliphatic rings. The largest absolute Gasteiger partial charge is 0.481 e. The molecule has 0 aromatic heterocycles. The number of imide groups is 1. The number of nitrogens with two attached hydrogens (primary N) is 1. The first-order valence-electron chi connectivity index (χ1n) is 5.31. The third-order valence-corrected chi connectivity index (χ3v) is 2.54. The molecule has 16 heavy (non-hydrogen) atoms. The lowest BCUT2D eigenvalue weighted by Crippen LogP contribution is -2.42. The Morgan fingerprint density at radius 2 is 1.94 bits per heavy atom. The van der Waals surface area contributed by atoms with Crippen LogP contribution in [-0.4, -0.2) is 40.4 Å². The molecule has 0 bridgehead atoms. The maximum Gasteiger partial charge on any atom is 0.304 e. The molecule has 0 aromatic rings. The molecule has 1 fully saturated rings. The van der Waals surface area contributed by atoms with Crippen LogP contribution in [-0.2, 0) is 14.4 Å². The van der Waals surface area contributed by atoms with Gasteiger partial charge < -0.3 is 10.8 Å². The van der Waals surface area contributed by atoms with Gasteiger partial charge in [0, 0.05) is 25.4 Å². The van der Waals surface area contributed by atoms with Crippen molar-refractivity contribution in [2.75, 3.05) is 6.54 Å². The second-order valence-corrected chi connectivity index (χ2v) is 3.94. The van der Waals surface area contributed by atoms with Gasteiger partial charge in [0.15, 0.2) is 0 Å². The minimum Gasteiger partial charge on any atom is -0.481 e. The van der Waals surface area contributed by atoms with Gasteiger partial charge in [0.25, 0.3) is 0 Å². The van der Waals surface area contributed by atoms with Gasteiger partial charge in [-0.05, 0) is 12.8 Å². The minimum absolute atomic E-state index is 0.143. The molecule has 1 rings (SSSR count). The highest BCUT2D eigenvalue weighted by Crippen LogP contribution is 2.13. The van der Waals surface area contributed by atoms with E-state index in [1.165, 1.54) is 4.90 Å². The predicted molar refractivity (Wildman–Crippen MR) is 55.4 cm³/mol. The smallest absolute Gasteiger partial charge is 0.304 e. The van der Waals surface area contributed by atoms with E-state index in [-0.39, 0.29) is 24.8 Å². The molecule has 0 saturated carbocycles. The lowest BCUT2D eigenvalue weighted by Gasteiger charge is -2.25. The van der Waals surface area contributed by atoms with Gasteiger partial charge in [-0.25, -0.2) is 0 Å². The number of hydrogen-bond acceptors (Lipinski definition) is 4. The summed E-state index contributed by atoms with van der Waals surface area (Å²) in [4.78, 5) is 34.3. The molecule has 90 valence electrons. The number of piperidine rings is 1. The maximum absolute atomic E-state index is 11.4. The van der Waals surface area contributed by atoms with Crippen LogP contribution in [0.4, 0.5) is 0 Å². The Bertz CT molecular complexity index is 287. The van der Waals surface area contributed by atoms with E-state index in [9.17, 15) is 14.4 Å². The van der Waals surface area contributed by atoms with Crippen LogP contribution in [0.5, 0.6) is 0 Å². The number of carboxylic acid groups (broad SMARTS) is 1. The minimum atomic E-state index is -0.969. The molecule has 6 nitrogen and oxygen atoms in total. The number of carboxylic acids is 1. The predicted octanol–water partition coefficient (Wildman–Crippen LogP) is -0.282. The Labute approximate surface area is 93.4 Å². The standard InChI is InChI=1S/C10H16N2O4/c11-7(6-10(15)16)4-5-12-8(13)2-1-3-9(12)14/h7H,1-6,11H2,(H,15,16). The van der Waals surface area contributed by atoms with E-state index in [1.54, 1.807) is 0 Å². The van der Waals surface area contributed by atoms with E-state index in [0.29, 0.717) is 25.7 Å². The van der Waals surface area contributed by atoms with Crippen molar-refractivity contribution in [2.45, 2.75) is 38.1 Å². The number of carbonyl (C=O) groups is 3. The number of nitrogens with zero attached hydrogens (tertiary/aromatic N) is 1. The summed E-state index contributed by atoms with van der Waals surface area (Å²) in [6.07, 6.45) is 1.58. The molecular weight excluding hydrogens is 212 g/mol. The van der Waals surface area contributed by atoms with Crippen LogP contribution in [0.2, 0.25) is 0 Å². The van der Waals surface area contributed by atoms with Crippen molar-refractivity contribution in [3.8, 4) is 0 Å². The van der Waals surface area contributed by atoms with Crippen molar-refractivity contribution < 1.29 is 19.5 Å². The fourth-order valence-electron chi connectivity index (χ4n) is 1.67. The van der Waals surface area contributed by atoms with E-state index in [1.807, 2.05) is 0 Å². The van der Waals surface area contributed by atoms with Gasteiger partial charge in [-0.1, -0.05) is 0 Å². The average molecular weight is 228 g/mol. The molecule has 1 atom stereocenters. The normalized spacial score (nSPS) is 18.7. The first-order chi connectivity index (χ1) is 7.50. The molecule has 0 aromatic carbocycles. The summed E-state index contributed by atoms with van der Waals surface area (Å²) in [5, 5.41) is 8.50. The van der Waals surface area contributed by atoms with Gasteiger partial charge in [-0.2, -0.15) is 0 Å². The lowest BCUT2D eigenvalue weighted by molar-refractivity contribution is -0.148. The zero-order valence-corrected chi connectivity index (χ0v) is 9.02. The Kier molecular flexibility index (Phi) is 4.42. The zero-order valence-electron chi connectivity index (χ0n) is 9.02. The van der Waals surface area contributed by atoms with Crippen LogP contribution in [0.15, 0.2) is 0 Å². The van der Waals surface area contributed by atoms with Gasteiger partial charge in [0.1, 0.15) is 0 Å². The highest BCUT2D eigenvalue weighted by atomic mass is 16.4. The number of hydrogen-bond donors (Lipinski definition) is 2. The summed E-state index contributed by atoms with van der Waals surface area (Å²) >= 11 is 0. The molecule has 0 radical (unpaired) electrons. The molecule has 2 amide bonds. The Hall–Kier alpha value is -1.43. The van der Waals surface area contributed by atoms with Crippen molar-refractivity contribution in [3.63, 3.8) is 0 Å². The monoisotopic (exact) mass is 228 g/mol. The second kappa shape index (κ2) is 5.60. The molecular formula is C10H16N2O4. The summed E-state index contributed by atoms with van der Waals surface area (Å²) in [5.74, 6) is -1.33. The summed E-state index contributed by atoms with van der Waals surface area (Å²) in [6, 6.07) is -0.514. The van der Waals surface area contributed by atoms with E-state index < -0.39 is 12.0 Å². The number of aliphatic carboxylic acids is 1. The van der Waals surface area contributed by atoms with Crippen molar-refractivity contribution in [1.82, 2.24) is 4.90 Å². The Balaban J connectivity index is 2.38. The van der Waals surface area contributed by atoms with Crippen LogP contribution < -0.4 is 5.73 Å². The third-order valence-electron chi connectivity index (χ3n) is 2.54. The van der Waals surface area contributed by atoms with Gasteiger partial charge in [-0.15, -0.1) is 0 Å². The lowest BCUT2D eigenvalue weighted by atomic mass is 10.1. The van der Waals surface area contributed by atoms with Crippen molar-refractivity contribution in [3.05, 3.63) is 0 Å². The number of carbonyl (C=O) groups excluding carboxylic acids is 2. The number of rotatable bonds is 5. The van der Waals surface area contributed by atoms with E-state index in [0.717, 1.165) is 0 Å². The van der Waals surface area contributed by atoms with E-state index in [4.69, 9.17) is 10.8 Å². The molecule has 1 heterocycles. The van der Waals surface area contributed by atoms with E-state index in [2.05, 4.69) is 0 Å². The van der Waals surface area contributed by atoms with Crippen molar-refractivity contribution >= 4 is 17.8 Å². The van der Waals surface area contributed by atoms with Gasteiger partial charge >= 0.3 is 5.97 Å². The van der Waals surface area contributed by atoms with Gasteiger partial charge in [-0.3, -0.25) is 19.3 Å². The molecule has 0 aliphatic carbocycles. The van der Waals surface area contributed by atoms with E-state index >= 15 is 0 Å². The Morgan fingerprint density at radius 1 is 1.38 bits per heavy atom. The fourth-order valence-corrected chi connectivity index (χ4v) is 1.67. The molecule has 1 unspecified atom stereocenters. The molecule has 0 spiro atoms. The molecule has 1 saturated heterocycles. The number of likely N-dealkylation sites (tertiary alicyclic amines) is 1. The highest BCUT2D eigenvalue weighted by molar-refractivity contribution is 5.97. The summed E-state index contributed by atoms with van der Waals surface area (Å²) in [7, 11) is 0. The first kappa shape index (κ1) is 12.6. The van der Waals surface area contributed by atoms with Crippen LogP contribution in [0, 0.1) is 0 Å². The number of amides is 2. The SMILES string of the molecule is NC(CCN1C(=O)CCCC1=O)CC(=O)O. The summed E-state index contributed by atoms with van der Waals surface area (Å²) in [5.41, 5.74) is 5.55. The quantitative estimate of drug-likeness (QED) is 0.630. The van der Waals surface area contributed by atoms with Crippen molar-refractivity contribution in [1.29, 1.82) is 0 Å². The van der Waals surface area contributed by atoms with Crippen LogP contribution in [0.1, 0.15) is 32.1 Å². The van der Waals surface area contributed by atoms with Gasteiger partial charge in [0.2, 0.25) is 11.8 Å².